The Morgan fingerprint density at radius 3 is 2.08 bits per heavy atom. The summed E-state index contributed by atoms with van der Waals surface area (Å²) in [5, 5.41) is 2.40. The summed E-state index contributed by atoms with van der Waals surface area (Å²) >= 11 is 0. The molecular weight excluding hydrogens is 609 g/mol. The van der Waals surface area contributed by atoms with Gasteiger partial charge in [-0.1, -0.05) is 118 Å². The minimum atomic E-state index is -0.0739. The molecule has 6 aromatic carbocycles. The normalized spacial score (nSPS) is 11.9. The Morgan fingerprint density at radius 1 is 0.560 bits per heavy atom. The number of aromatic amines is 1. The molecule has 9 aromatic rings. The van der Waals surface area contributed by atoms with Crippen molar-refractivity contribution in [1.29, 1.82) is 0 Å². The summed E-state index contributed by atoms with van der Waals surface area (Å²) in [7, 11) is 0. The molecule has 0 atom stereocenters. The predicted octanol–water partition coefficient (Wildman–Crippen LogP) is 12.0. The zero-order valence-electron chi connectivity index (χ0n) is 28.4. The third kappa shape index (κ3) is 5.08. The zero-order chi connectivity index (χ0) is 33.8. The molecule has 4 heteroatoms. The highest BCUT2D eigenvalue weighted by Crippen LogP contribution is 2.40. The summed E-state index contributed by atoms with van der Waals surface area (Å²) in [5.74, 6) is 0.903. The SMILES string of the molecule is CC(C)(C)c1cc(-c2cc(-c3ccccc3)ccn2)cc(-c2cccc3c2nc(-c2cccc4c2[nH]c2ccccc24)n3-c2ccccc2)c1. The van der Waals surface area contributed by atoms with Crippen molar-refractivity contribution in [2.24, 2.45) is 0 Å². The number of benzene rings is 6. The predicted molar refractivity (Wildman–Crippen MR) is 209 cm³/mol. The van der Waals surface area contributed by atoms with Crippen LogP contribution in [0, 0.1) is 0 Å². The summed E-state index contributed by atoms with van der Waals surface area (Å²) in [6.07, 6.45) is 1.92. The van der Waals surface area contributed by atoms with Gasteiger partial charge in [0.15, 0.2) is 0 Å². The molecule has 9 rings (SSSR count). The van der Waals surface area contributed by atoms with Crippen LogP contribution in [0.2, 0.25) is 0 Å². The summed E-state index contributed by atoms with van der Waals surface area (Å²) in [6.45, 7) is 6.81. The number of imidazole rings is 1. The molecule has 240 valence electrons. The smallest absolute Gasteiger partial charge is 0.147 e. The number of para-hydroxylation sites is 4. The van der Waals surface area contributed by atoms with Crippen LogP contribution in [0.4, 0.5) is 0 Å². The van der Waals surface area contributed by atoms with Crippen LogP contribution in [0.1, 0.15) is 26.3 Å². The standard InChI is InChI=1S/C46H36N4/c1-46(2,3)34-27-32(26-33(28-34)41-29-31(24-25-47-41)30-14-6-4-7-15-30)36-19-13-23-42-44(36)49-45(50(42)35-16-8-5-9-17-35)39-21-12-20-38-37-18-10-11-22-40(37)48-43(38)39/h4-29,48H,1-3H3. The first-order valence-electron chi connectivity index (χ1n) is 17.2. The maximum absolute atomic E-state index is 5.53. The molecule has 0 aliphatic heterocycles. The van der Waals surface area contributed by atoms with Crippen molar-refractivity contribution in [3.63, 3.8) is 0 Å². The lowest BCUT2D eigenvalue weighted by atomic mass is 9.83. The molecule has 0 aliphatic rings. The van der Waals surface area contributed by atoms with Gasteiger partial charge in [-0.3, -0.25) is 9.55 Å². The van der Waals surface area contributed by atoms with Crippen LogP contribution in [0.5, 0.6) is 0 Å². The molecule has 3 heterocycles. The molecule has 0 spiro atoms. The van der Waals surface area contributed by atoms with E-state index in [9.17, 15) is 0 Å². The summed E-state index contributed by atoms with van der Waals surface area (Å²) < 4.78 is 2.30. The van der Waals surface area contributed by atoms with Gasteiger partial charge in [-0.2, -0.15) is 0 Å². The molecule has 0 radical (unpaired) electrons. The minimum Gasteiger partial charge on any atom is -0.354 e. The topological polar surface area (TPSA) is 46.5 Å². The van der Waals surface area contributed by atoms with E-state index in [1.807, 2.05) is 6.20 Å². The van der Waals surface area contributed by atoms with Crippen LogP contribution in [0.15, 0.2) is 158 Å². The second-order valence-corrected chi connectivity index (χ2v) is 14.0. The van der Waals surface area contributed by atoms with Crippen LogP contribution >= 0.6 is 0 Å². The van der Waals surface area contributed by atoms with Crippen molar-refractivity contribution >= 4 is 32.8 Å². The van der Waals surface area contributed by atoms with E-state index < -0.39 is 0 Å². The maximum Gasteiger partial charge on any atom is 0.147 e. The lowest BCUT2D eigenvalue weighted by Crippen LogP contribution is -2.11. The molecule has 0 unspecified atom stereocenters. The Balaban J connectivity index is 1.29. The Bertz CT molecular complexity index is 2670. The quantitative estimate of drug-likeness (QED) is 0.203. The van der Waals surface area contributed by atoms with Gasteiger partial charge in [0.05, 0.1) is 22.2 Å². The Hall–Kier alpha value is -6.26. The average Bonchev–Trinajstić information content (AvgIpc) is 3.74. The van der Waals surface area contributed by atoms with Crippen LogP contribution in [-0.4, -0.2) is 19.5 Å². The van der Waals surface area contributed by atoms with Crippen LogP contribution in [0.25, 0.3) is 83.4 Å². The van der Waals surface area contributed by atoms with Gasteiger partial charge in [-0.15, -0.1) is 0 Å². The van der Waals surface area contributed by atoms with Crippen molar-refractivity contribution in [1.82, 2.24) is 19.5 Å². The number of rotatable bonds is 5. The van der Waals surface area contributed by atoms with E-state index in [1.165, 1.54) is 21.9 Å². The molecule has 0 bridgehead atoms. The summed E-state index contributed by atoms with van der Waals surface area (Å²) in [4.78, 5) is 14.1. The molecule has 0 aliphatic carbocycles. The van der Waals surface area contributed by atoms with Crippen molar-refractivity contribution in [3.05, 3.63) is 163 Å². The first-order chi connectivity index (χ1) is 24.4. The van der Waals surface area contributed by atoms with Crippen molar-refractivity contribution in [3.8, 4) is 50.6 Å². The monoisotopic (exact) mass is 644 g/mol. The van der Waals surface area contributed by atoms with E-state index in [0.717, 1.165) is 67.1 Å². The first-order valence-corrected chi connectivity index (χ1v) is 17.2. The number of hydrogen-bond acceptors (Lipinski definition) is 2. The Labute approximate surface area is 291 Å². The summed E-state index contributed by atoms with van der Waals surface area (Å²) in [5.41, 5.74) is 14.1. The number of pyridine rings is 1. The number of nitrogens with zero attached hydrogens (tertiary/aromatic N) is 3. The van der Waals surface area contributed by atoms with E-state index in [0.29, 0.717) is 0 Å². The number of aromatic nitrogens is 4. The molecule has 0 fully saturated rings. The van der Waals surface area contributed by atoms with Gasteiger partial charge < -0.3 is 4.98 Å². The van der Waals surface area contributed by atoms with Gasteiger partial charge in [-0.25, -0.2) is 4.98 Å². The molecule has 50 heavy (non-hydrogen) atoms. The minimum absolute atomic E-state index is 0.0739. The highest BCUT2D eigenvalue weighted by Gasteiger charge is 2.22. The lowest BCUT2D eigenvalue weighted by Gasteiger charge is -2.22. The van der Waals surface area contributed by atoms with Crippen molar-refractivity contribution in [2.75, 3.05) is 0 Å². The average molecular weight is 645 g/mol. The number of nitrogens with one attached hydrogen (secondary N) is 1. The summed E-state index contributed by atoms with van der Waals surface area (Å²) in [6, 6.07) is 53.8. The zero-order valence-corrected chi connectivity index (χ0v) is 28.4. The fourth-order valence-electron chi connectivity index (χ4n) is 7.17. The molecule has 0 saturated heterocycles. The fraction of sp³-hybridized carbons (Fsp3) is 0.0870. The first kappa shape index (κ1) is 29.8. The van der Waals surface area contributed by atoms with Crippen molar-refractivity contribution in [2.45, 2.75) is 26.2 Å². The third-order valence-corrected chi connectivity index (χ3v) is 9.75. The molecule has 0 amide bonds. The van der Waals surface area contributed by atoms with Crippen LogP contribution < -0.4 is 0 Å². The van der Waals surface area contributed by atoms with Gasteiger partial charge in [0, 0.05) is 44.9 Å². The van der Waals surface area contributed by atoms with Gasteiger partial charge in [-0.05, 0) is 82.3 Å². The molecule has 1 N–H and O–H groups in total. The van der Waals surface area contributed by atoms with Gasteiger partial charge in [0.25, 0.3) is 0 Å². The molecule has 3 aromatic heterocycles. The highest BCUT2D eigenvalue weighted by molar-refractivity contribution is 6.12. The fourth-order valence-corrected chi connectivity index (χ4v) is 7.17. The maximum atomic E-state index is 5.53. The van der Waals surface area contributed by atoms with Crippen LogP contribution in [-0.2, 0) is 5.41 Å². The molecular formula is C46H36N4. The third-order valence-electron chi connectivity index (χ3n) is 9.75. The number of H-pyrrole nitrogens is 1. The van der Waals surface area contributed by atoms with E-state index >= 15 is 0 Å². The molecule has 4 nitrogen and oxygen atoms in total. The Kier molecular flexibility index (Phi) is 6.99. The second kappa shape index (κ2) is 11.7. The van der Waals surface area contributed by atoms with Crippen LogP contribution in [0.3, 0.4) is 0 Å². The van der Waals surface area contributed by atoms with Crippen molar-refractivity contribution < 1.29 is 0 Å². The largest absolute Gasteiger partial charge is 0.354 e. The van der Waals surface area contributed by atoms with E-state index in [4.69, 9.17) is 9.97 Å². The number of fused-ring (bicyclic) bond motifs is 4. The second-order valence-electron chi connectivity index (χ2n) is 14.0. The lowest BCUT2D eigenvalue weighted by molar-refractivity contribution is 0.590. The van der Waals surface area contributed by atoms with E-state index in [1.54, 1.807) is 0 Å². The van der Waals surface area contributed by atoms with E-state index in [-0.39, 0.29) is 5.41 Å². The van der Waals surface area contributed by atoms with Gasteiger partial charge in [0.2, 0.25) is 0 Å². The highest BCUT2D eigenvalue weighted by atomic mass is 15.1. The van der Waals surface area contributed by atoms with E-state index in [2.05, 4.69) is 182 Å². The van der Waals surface area contributed by atoms with Gasteiger partial charge in [0.1, 0.15) is 5.82 Å². The molecule has 0 saturated carbocycles. The van der Waals surface area contributed by atoms with Gasteiger partial charge >= 0.3 is 0 Å². The number of hydrogen-bond donors (Lipinski definition) is 1. The Morgan fingerprint density at radius 2 is 1.26 bits per heavy atom.